The molecule has 0 bridgehead atoms. The number of aromatic nitrogens is 1. The van der Waals surface area contributed by atoms with E-state index in [2.05, 4.69) is 11.1 Å². The average Bonchev–Trinajstić information content (AvgIpc) is 2.45. The predicted octanol–water partition coefficient (Wildman–Crippen LogP) is 3.93. The van der Waals surface area contributed by atoms with Gasteiger partial charge in [-0.15, -0.1) is 0 Å². The van der Waals surface area contributed by atoms with E-state index in [-0.39, 0.29) is 0 Å². The lowest BCUT2D eigenvalue weighted by Gasteiger charge is -2.14. The molecule has 0 aliphatic heterocycles. The number of aliphatic hydroxyl groups is 1. The van der Waals surface area contributed by atoms with E-state index in [4.69, 9.17) is 0 Å². The zero-order valence-electron chi connectivity index (χ0n) is 11.7. The number of rotatable bonds is 2. The van der Waals surface area contributed by atoms with E-state index in [9.17, 15) is 5.11 Å². The molecule has 20 heavy (non-hydrogen) atoms. The summed E-state index contributed by atoms with van der Waals surface area (Å²) in [6.45, 7) is 4.09. The molecule has 0 spiro atoms. The van der Waals surface area contributed by atoms with Crippen LogP contribution in [0.3, 0.4) is 0 Å². The Bertz CT molecular complexity index is 744. The van der Waals surface area contributed by atoms with Crippen LogP contribution in [-0.4, -0.2) is 10.1 Å². The Balaban J connectivity index is 2.05. The second-order valence-electron chi connectivity index (χ2n) is 5.28. The first kappa shape index (κ1) is 12.8. The van der Waals surface area contributed by atoms with Gasteiger partial charge in [0.05, 0.1) is 5.52 Å². The van der Waals surface area contributed by atoms with Gasteiger partial charge in [-0.25, -0.2) is 0 Å². The Morgan fingerprint density at radius 3 is 2.40 bits per heavy atom. The minimum atomic E-state index is -0.611. The Labute approximate surface area is 118 Å². The largest absolute Gasteiger partial charge is 0.384 e. The highest BCUT2D eigenvalue weighted by molar-refractivity contribution is 5.79. The highest BCUT2D eigenvalue weighted by Crippen LogP contribution is 2.26. The molecule has 1 atom stereocenters. The number of benzene rings is 2. The van der Waals surface area contributed by atoms with Crippen LogP contribution >= 0.6 is 0 Å². The van der Waals surface area contributed by atoms with Gasteiger partial charge >= 0.3 is 0 Å². The molecule has 2 heteroatoms. The standard InChI is InChI=1S/C18H17NO/c1-12-8-13(2)10-16(9-12)18(20)15-6-5-14-4-3-7-19-17(14)11-15/h3-11,18,20H,1-2H3. The van der Waals surface area contributed by atoms with Crippen LogP contribution in [0.15, 0.2) is 54.7 Å². The number of aryl methyl sites for hydroxylation is 2. The van der Waals surface area contributed by atoms with Gasteiger partial charge in [0.25, 0.3) is 0 Å². The summed E-state index contributed by atoms with van der Waals surface area (Å²) in [5.41, 5.74) is 5.04. The van der Waals surface area contributed by atoms with Gasteiger partial charge in [-0.2, -0.15) is 0 Å². The maximum Gasteiger partial charge on any atom is 0.104 e. The van der Waals surface area contributed by atoms with E-state index in [0.29, 0.717) is 0 Å². The van der Waals surface area contributed by atoms with Crippen molar-refractivity contribution in [2.75, 3.05) is 0 Å². The molecule has 100 valence electrons. The maximum atomic E-state index is 10.6. The molecule has 0 saturated heterocycles. The highest BCUT2D eigenvalue weighted by atomic mass is 16.3. The molecule has 0 aliphatic rings. The lowest BCUT2D eigenvalue weighted by molar-refractivity contribution is 0.220. The first-order chi connectivity index (χ1) is 9.63. The van der Waals surface area contributed by atoms with Crippen LogP contribution in [0, 0.1) is 13.8 Å². The van der Waals surface area contributed by atoms with E-state index in [0.717, 1.165) is 33.2 Å². The molecular weight excluding hydrogens is 246 g/mol. The van der Waals surface area contributed by atoms with Crippen molar-refractivity contribution < 1.29 is 5.11 Å². The van der Waals surface area contributed by atoms with E-state index >= 15 is 0 Å². The van der Waals surface area contributed by atoms with Gasteiger partial charge in [0, 0.05) is 11.6 Å². The van der Waals surface area contributed by atoms with Crippen molar-refractivity contribution in [1.29, 1.82) is 0 Å². The monoisotopic (exact) mass is 263 g/mol. The molecule has 0 amide bonds. The maximum absolute atomic E-state index is 10.6. The average molecular weight is 263 g/mol. The molecule has 0 fully saturated rings. The SMILES string of the molecule is Cc1cc(C)cc(C(O)c2ccc3cccnc3c2)c1. The normalized spacial score (nSPS) is 12.6. The van der Waals surface area contributed by atoms with Crippen LogP contribution in [0.5, 0.6) is 0 Å². The molecule has 0 saturated carbocycles. The minimum absolute atomic E-state index is 0.611. The zero-order chi connectivity index (χ0) is 14.1. The van der Waals surface area contributed by atoms with Gasteiger partial charge in [-0.3, -0.25) is 4.98 Å². The highest BCUT2D eigenvalue weighted by Gasteiger charge is 2.12. The van der Waals surface area contributed by atoms with Crippen LogP contribution in [0.25, 0.3) is 10.9 Å². The van der Waals surface area contributed by atoms with Gasteiger partial charge in [0.15, 0.2) is 0 Å². The van der Waals surface area contributed by atoms with Crippen molar-refractivity contribution >= 4 is 10.9 Å². The summed E-state index contributed by atoms with van der Waals surface area (Å²) in [6, 6.07) is 16.0. The third kappa shape index (κ3) is 2.43. The second-order valence-corrected chi connectivity index (χ2v) is 5.28. The molecule has 0 aliphatic carbocycles. The fourth-order valence-corrected chi connectivity index (χ4v) is 2.61. The number of hydrogen-bond acceptors (Lipinski definition) is 2. The van der Waals surface area contributed by atoms with E-state index in [1.54, 1.807) is 6.20 Å². The number of fused-ring (bicyclic) bond motifs is 1. The third-order valence-corrected chi connectivity index (χ3v) is 3.51. The summed E-state index contributed by atoms with van der Waals surface area (Å²) >= 11 is 0. The molecule has 1 heterocycles. The van der Waals surface area contributed by atoms with Crippen LogP contribution in [0.4, 0.5) is 0 Å². The van der Waals surface area contributed by atoms with Gasteiger partial charge in [-0.05, 0) is 37.1 Å². The van der Waals surface area contributed by atoms with Gasteiger partial charge < -0.3 is 5.11 Å². The Morgan fingerprint density at radius 1 is 0.900 bits per heavy atom. The molecule has 2 aromatic carbocycles. The molecule has 1 aromatic heterocycles. The minimum Gasteiger partial charge on any atom is -0.384 e. The van der Waals surface area contributed by atoms with Crippen molar-refractivity contribution in [3.8, 4) is 0 Å². The summed E-state index contributed by atoms with van der Waals surface area (Å²) in [5.74, 6) is 0. The molecular formula is C18H17NO. The molecule has 0 radical (unpaired) electrons. The lowest BCUT2D eigenvalue weighted by Crippen LogP contribution is -2.01. The van der Waals surface area contributed by atoms with Gasteiger partial charge in [-0.1, -0.05) is 47.5 Å². The Kier molecular flexibility index (Phi) is 3.25. The van der Waals surface area contributed by atoms with Crippen LogP contribution in [-0.2, 0) is 0 Å². The van der Waals surface area contributed by atoms with Crippen LogP contribution < -0.4 is 0 Å². The van der Waals surface area contributed by atoms with Crippen molar-refractivity contribution in [3.63, 3.8) is 0 Å². The number of nitrogens with zero attached hydrogens (tertiary/aromatic N) is 1. The number of aliphatic hydroxyl groups excluding tert-OH is 1. The lowest BCUT2D eigenvalue weighted by atomic mass is 9.97. The molecule has 3 rings (SSSR count). The van der Waals surface area contributed by atoms with Crippen molar-refractivity contribution in [2.45, 2.75) is 20.0 Å². The smallest absolute Gasteiger partial charge is 0.104 e. The predicted molar refractivity (Wildman–Crippen MR) is 81.7 cm³/mol. The first-order valence-electron chi connectivity index (χ1n) is 6.74. The fraction of sp³-hybridized carbons (Fsp3) is 0.167. The molecule has 1 N–H and O–H groups in total. The Morgan fingerprint density at radius 2 is 1.65 bits per heavy atom. The quantitative estimate of drug-likeness (QED) is 0.760. The number of pyridine rings is 1. The third-order valence-electron chi connectivity index (χ3n) is 3.51. The van der Waals surface area contributed by atoms with Crippen molar-refractivity contribution in [1.82, 2.24) is 4.98 Å². The van der Waals surface area contributed by atoms with E-state index < -0.39 is 6.10 Å². The molecule has 2 nitrogen and oxygen atoms in total. The fourth-order valence-electron chi connectivity index (χ4n) is 2.61. The topological polar surface area (TPSA) is 33.1 Å². The first-order valence-corrected chi connectivity index (χ1v) is 6.74. The van der Waals surface area contributed by atoms with E-state index in [1.165, 1.54) is 0 Å². The second kappa shape index (κ2) is 5.06. The number of hydrogen-bond donors (Lipinski definition) is 1. The summed E-state index contributed by atoms with van der Waals surface area (Å²) < 4.78 is 0. The van der Waals surface area contributed by atoms with Gasteiger partial charge in [0.1, 0.15) is 6.10 Å². The van der Waals surface area contributed by atoms with E-state index in [1.807, 2.05) is 56.3 Å². The summed E-state index contributed by atoms with van der Waals surface area (Å²) in [7, 11) is 0. The summed E-state index contributed by atoms with van der Waals surface area (Å²) in [5, 5.41) is 11.7. The molecule has 1 unspecified atom stereocenters. The van der Waals surface area contributed by atoms with Crippen LogP contribution in [0.2, 0.25) is 0 Å². The zero-order valence-corrected chi connectivity index (χ0v) is 11.7. The van der Waals surface area contributed by atoms with Crippen molar-refractivity contribution in [3.05, 3.63) is 77.0 Å². The summed E-state index contributed by atoms with van der Waals surface area (Å²) in [6.07, 6.45) is 1.16. The van der Waals surface area contributed by atoms with Gasteiger partial charge in [0.2, 0.25) is 0 Å². The van der Waals surface area contributed by atoms with Crippen LogP contribution in [0.1, 0.15) is 28.4 Å². The molecule has 3 aromatic rings. The summed E-state index contributed by atoms with van der Waals surface area (Å²) in [4.78, 5) is 4.34. The Hall–Kier alpha value is -2.19. The van der Waals surface area contributed by atoms with Crippen molar-refractivity contribution in [2.24, 2.45) is 0 Å².